The van der Waals surface area contributed by atoms with Crippen molar-refractivity contribution in [2.45, 2.75) is 221 Å². The zero-order valence-corrected chi connectivity index (χ0v) is 34.1. The van der Waals surface area contributed by atoms with Crippen LogP contribution in [0.2, 0.25) is 0 Å². The van der Waals surface area contributed by atoms with Crippen molar-refractivity contribution in [2.75, 3.05) is 17.2 Å². The van der Waals surface area contributed by atoms with Gasteiger partial charge in [0.25, 0.3) is 0 Å². The molecule has 0 heterocycles. The van der Waals surface area contributed by atoms with E-state index in [0.717, 1.165) is 50.5 Å². The summed E-state index contributed by atoms with van der Waals surface area (Å²) in [4.78, 5) is 39.0. The van der Waals surface area contributed by atoms with Crippen LogP contribution in [0.4, 0.5) is 11.4 Å². The van der Waals surface area contributed by atoms with Crippen LogP contribution >= 0.6 is 0 Å². The quantitative estimate of drug-likeness (QED) is 0.0550. The average Bonchev–Trinajstić information content (AvgIpc) is 3.12. The number of ether oxygens (including phenoxy) is 1. The van der Waals surface area contributed by atoms with Gasteiger partial charge in [0, 0.05) is 24.2 Å². The fourth-order valence-corrected chi connectivity index (χ4v) is 6.54. The standard InChI is InChI=1S/C45H80N2O4/c1-6-9-11-13-15-17-19-21-23-25-27-29-31-33-43(48)46-41-35-40(45(50)51-37-38(4)8-3)36-42(39(41)5)47-44(49)34-32-30-28-26-24-22-20-18-16-14-12-10-7-2/h35-36,38H,6-34,37H2,1-5H3,(H,46,48)(H,47,49)/t38-/m0/s1. The molecule has 51 heavy (non-hydrogen) atoms. The number of rotatable bonds is 34. The minimum atomic E-state index is -0.436. The predicted octanol–water partition coefficient (Wildman–Crippen LogP) is 14.0. The summed E-state index contributed by atoms with van der Waals surface area (Å²) < 4.78 is 5.58. The smallest absolute Gasteiger partial charge is 0.338 e. The first-order valence-corrected chi connectivity index (χ1v) is 21.7. The van der Waals surface area contributed by atoms with Gasteiger partial charge < -0.3 is 15.4 Å². The van der Waals surface area contributed by atoms with E-state index in [1.54, 1.807) is 12.1 Å². The molecule has 0 saturated heterocycles. The molecule has 1 atom stereocenters. The summed E-state index contributed by atoms with van der Waals surface area (Å²) in [6, 6.07) is 3.39. The normalized spacial score (nSPS) is 11.8. The van der Waals surface area contributed by atoms with Crippen LogP contribution in [-0.4, -0.2) is 24.4 Å². The summed E-state index contributed by atoms with van der Waals surface area (Å²) in [5.74, 6) is -0.293. The summed E-state index contributed by atoms with van der Waals surface area (Å²) in [5.41, 5.74) is 2.22. The van der Waals surface area contributed by atoms with E-state index < -0.39 is 5.97 Å². The second-order valence-electron chi connectivity index (χ2n) is 15.4. The molecular formula is C45H80N2O4. The molecule has 0 fully saturated rings. The molecule has 0 aliphatic rings. The third kappa shape index (κ3) is 25.3. The molecule has 294 valence electrons. The lowest BCUT2D eigenvalue weighted by Crippen LogP contribution is -2.18. The number of anilines is 2. The van der Waals surface area contributed by atoms with Gasteiger partial charge in [-0.25, -0.2) is 4.79 Å². The second-order valence-corrected chi connectivity index (χ2v) is 15.4. The van der Waals surface area contributed by atoms with Gasteiger partial charge in [-0.3, -0.25) is 9.59 Å². The Morgan fingerprint density at radius 2 is 0.843 bits per heavy atom. The largest absolute Gasteiger partial charge is 0.462 e. The summed E-state index contributed by atoms with van der Waals surface area (Å²) in [5, 5.41) is 6.07. The first kappa shape index (κ1) is 46.7. The van der Waals surface area contributed by atoms with Crippen LogP contribution in [0.25, 0.3) is 0 Å². The summed E-state index contributed by atoms with van der Waals surface area (Å²) >= 11 is 0. The maximum absolute atomic E-state index is 13.0. The number of nitrogens with one attached hydrogen (secondary N) is 2. The molecule has 2 N–H and O–H groups in total. The van der Waals surface area contributed by atoms with Crippen molar-refractivity contribution < 1.29 is 19.1 Å². The molecule has 0 unspecified atom stereocenters. The van der Waals surface area contributed by atoms with Gasteiger partial charge in [0.15, 0.2) is 0 Å². The molecule has 2 amide bonds. The Bertz CT molecular complexity index is 974. The first-order chi connectivity index (χ1) is 24.8. The van der Waals surface area contributed by atoms with Crippen molar-refractivity contribution in [3.05, 3.63) is 23.3 Å². The maximum atomic E-state index is 13.0. The number of esters is 1. The van der Waals surface area contributed by atoms with Crippen LogP contribution < -0.4 is 10.6 Å². The third-order valence-electron chi connectivity index (χ3n) is 10.4. The second kappa shape index (κ2) is 32.3. The highest BCUT2D eigenvalue weighted by molar-refractivity contribution is 6.00. The zero-order chi connectivity index (χ0) is 37.4. The summed E-state index contributed by atoms with van der Waals surface area (Å²) in [6.45, 7) is 10.9. The average molecular weight is 713 g/mol. The Balaban J connectivity index is 2.51. The number of carbonyl (C=O) groups excluding carboxylic acids is 3. The highest BCUT2D eigenvalue weighted by Crippen LogP contribution is 2.28. The fourth-order valence-electron chi connectivity index (χ4n) is 6.54. The van der Waals surface area contributed by atoms with Gasteiger partial charge in [-0.15, -0.1) is 0 Å². The molecule has 0 aromatic heterocycles. The number of benzene rings is 1. The molecule has 6 heteroatoms. The monoisotopic (exact) mass is 713 g/mol. The van der Waals surface area contributed by atoms with Crippen molar-refractivity contribution in [1.29, 1.82) is 0 Å². The molecule has 0 aliphatic heterocycles. The molecule has 6 nitrogen and oxygen atoms in total. The van der Waals surface area contributed by atoms with Crippen LogP contribution in [0.3, 0.4) is 0 Å². The lowest BCUT2D eigenvalue weighted by atomic mass is 10.0. The zero-order valence-electron chi connectivity index (χ0n) is 34.1. The molecule has 0 bridgehead atoms. The van der Waals surface area contributed by atoms with E-state index in [4.69, 9.17) is 4.74 Å². The number of amides is 2. The topological polar surface area (TPSA) is 84.5 Å². The Kier molecular flexibility index (Phi) is 29.5. The molecule has 0 aliphatic carbocycles. The van der Waals surface area contributed by atoms with E-state index in [1.165, 1.54) is 128 Å². The Labute approximate surface area is 314 Å². The minimum Gasteiger partial charge on any atom is -0.462 e. The fraction of sp³-hybridized carbons (Fsp3) is 0.800. The first-order valence-electron chi connectivity index (χ1n) is 21.7. The van der Waals surface area contributed by atoms with Crippen LogP contribution in [0.1, 0.15) is 230 Å². The van der Waals surface area contributed by atoms with Gasteiger partial charge in [-0.1, -0.05) is 188 Å². The van der Waals surface area contributed by atoms with E-state index in [2.05, 4.69) is 31.4 Å². The van der Waals surface area contributed by atoms with E-state index in [0.29, 0.717) is 36.4 Å². The number of carbonyl (C=O) groups is 3. The van der Waals surface area contributed by atoms with Crippen LogP contribution in [0, 0.1) is 12.8 Å². The molecule has 1 aromatic rings. The number of unbranched alkanes of at least 4 members (excludes halogenated alkanes) is 24. The molecule has 0 radical (unpaired) electrons. The van der Waals surface area contributed by atoms with Crippen molar-refractivity contribution in [2.24, 2.45) is 5.92 Å². The van der Waals surface area contributed by atoms with Gasteiger partial charge in [-0.2, -0.15) is 0 Å². The highest BCUT2D eigenvalue weighted by atomic mass is 16.5. The van der Waals surface area contributed by atoms with Crippen LogP contribution in [-0.2, 0) is 14.3 Å². The molecule has 0 saturated carbocycles. The molecule has 1 rings (SSSR count). The van der Waals surface area contributed by atoms with Gasteiger partial charge >= 0.3 is 5.97 Å². The lowest BCUT2D eigenvalue weighted by molar-refractivity contribution is -0.117. The van der Waals surface area contributed by atoms with Crippen molar-refractivity contribution in [3.8, 4) is 0 Å². The Morgan fingerprint density at radius 3 is 1.16 bits per heavy atom. The van der Waals surface area contributed by atoms with Gasteiger partial charge in [-0.05, 0) is 43.4 Å². The van der Waals surface area contributed by atoms with Crippen molar-refractivity contribution in [1.82, 2.24) is 0 Å². The lowest BCUT2D eigenvalue weighted by Gasteiger charge is -2.17. The van der Waals surface area contributed by atoms with E-state index >= 15 is 0 Å². The molecule has 0 spiro atoms. The van der Waals surface area contributed by atoms with E-state index in [9.17, 15) is 14.4 Å². The summed E-state index contributed by atoms with van der Waals surface area (Å²) in [7, 11) is 0. The maximum Gasteiger partial charge on any atom is 0.338 e. The van der Waals surface area contributed by atoms with E-state index in [1.807, 2.05) is 13.8 Å². The van der Waals surface area contributed by atoms with Gasteiger partial charge in [0.05, 0.1) is 12.2 Å². The molecule has 1 aromatic carbocycles. The third-order valence-corrected chi connectivity index (χ3v) is 10.4. The Morgan fingerprint density at radius 1 is 0.529 bits per heavy atom. The van der Waals surface area contributed by atoms with Crippen molar-refractivity contribution >= 4 is 29.2 Å². The van der Waals surface area contributed by atoms with Gasteiger partial charge in [0.1, 0.15) is 0 Å². The van der Waals surface area contributed by atoms with Crippen molar-refractivity contribution in [3.63, 3.8) is 0 Å². The minimum absolute atomic E-state index is 0.0597. The number of hydrogen-bond donors (Lipinski definition) is 2. The number of hydrogen-bond acceptors (Lipinski definition) is 4. The SMILES string of the molecule is CCCCCCCCCCCCCCCC(=O)Nc1cc(C(=O)OC[C@@H](C)CC)cc(NC(=O)CCCCCCCCCCCCCCC)c1C. The summed E-state index contributed by atoms with van der Waals surface area (Å²) in [6.07, 6.45) is 34.7. The van der Waals surface area contributed by atoms with E-state index in [-0.39, 0.29) is 17.7 Å². The van der Waals surface area contributed by atoms with Crippen LogP contribution in [0.5, 0.6) is 0 Å². The molecular weight excluding hydrogens is 633 g/mol. The Hall–Kier alpha value is -2.37. The highest BCUT2D eigenvalue weighted by Gasteiger charge is 2.17. The predicted molar refractivity (Wildman–Crippen MR) is 219 cm³/mol. The van der Waals surface area contributed by atoms with Gasteiger partial charge in [0.2, 0.25) is 11.8 Å². The van der Waals surface area contributed by atoms with Crippen LogP contribution in [0.15, 0.2) is 12.1 Å².